The zero-order valence-corrected chi connectivity index (χ0v) is 10.1. The Labute approximate surface area is 102 Å². The highest BCUT2D eigenvalue weighted by molar-refractivity contribution is 5.85. The highest BCUT2D eigenvalue weighted by atomic mass is 15.2. The first-order valence-corrected chi connectivity index (χ1v) is 5.80. The Morgan fingerprint density at radius 3 is 2.65 bits per heavy atom. The predicted molar refractivity (Wildman–Crippen MR) is 73.6 cm³/mol. The molecule has 0 aromatic heterocycles. The van der Waals surface area contributed by atoms with Gasteiger partial charge in [0, 0.05) is 6.04 Å². The van der Waals surface area contributed by atoms with Gasteiger partial charge in [-0.15, -0.1) is 0 Å². The van der Waals surface area contributed by atoms with Crippen molar-refractivity contribution >= 4 is 10.8 Å². The van der Waals surface area contributed by atoms with Crippen LogP contribution in [0.5, 0.6) is 0 Å². The number of nitrogens with two attached hydrogens (primary N) is 1. The monoisotopic (exact) mass is 226 g/mol. The normalized spacial score (nSPS) is 12.6. The minimum absolute atomic E-state index is 0.126. The molecule has 1 unspecified atom stereocenters. The number of hydrazine groups is 1. The maximum absolute atomic E-state index is 5.55. The van der Waals surface area contributed by atoms with Gasteiger partial charge in [-0.2, -0.15) is 0 Å². The molecule has 0 bridgehead atoms. The third-order valence-electron chi connectivity index (χ3n) is 3.10. The Morgan fingerprint density at radius 1 is 1.24 bits per heavy atom. The fraction of sp³-hybridized carbons (Fsp3) is 0.200. The summed E-state index contributed by atoms with van der Waals surface area (Å²) in [5.74, 6) is 5.55. The van der Waals surface area contributed by atoms with Gasteiger partial charge in [0.2, 0.25) is 0 Å². The van der Waals surface area contributed by atoms with Gasteiger partial charge in [0.1, 0.15) is 0 Å². The Kier molecular flexibility index (Phi) is 3.57. The van der Waals surface area contributed by atoms with Crippen LogP contribution in [-0.4, -0.2) is 6.04 Å². The molecule has 17 heavy (non-hydrogen) atoms. The number of fused-ring (bicyclic) bond motifs is 1. The lowest BCUT2D eigenvalue weighted by Crippen LogP contribution is -2.37. The molecule has 2 heteroatoms. The fourth-order valence-corrected chi connectivity index (χ4v) is 2.07. The summed E-state index contributed by atoms with van der Waals surface area (Å²) < 4.78 is 0. The molecule has 0 amide bonds. The van der Waals surface area contributed by atoms with Gasteiger partial charge in [0.05, 0.1) is 0 Å². The molecule has 0 aliphatic rings. The van der Waals surface area contributed by atoms with E-state index in [1.807, 2.05) is 6.92 Å². The smallest absolute Gasteiger partial charge is 0.0455 e. The molecule has 0 saturated heterocycles. The van der Waals surface area contributed by atoms with Crippen LogP contribution in [-0.2, 0) is 6.42 Å². The Hall–Kier alpha value is -1.64. The van der Waals surface area contributed by atoms with Gasteiger partial charge in [0.25, 0.3) is 0 Å². The molecule has 0 spiro atoms. The third kappa shape index (κ3) is 2.54. The summed E-state index contributed by atoms with van der Waals surface area (Å²) >= 11 is 0. The molecule has 1 atom stereocenters. The molecule has 2 aromatic rings. The first-order chi connectivity index (χ1) is 8.22. The summed E-state index contributed by atoms with van der Waals surface area (Å²) in [7, 11) is 0. The number of hydrogen-bond donors (Lipinski definition) is 2. The molecule has 0 fully saturated rings. The Bertz CT molecular complexity index is 526. The average Bonchev–Trinajstić information content (AvgIpc) is 2.35. The van der Waals surface area contributed by atoms with Crippen LogP contribution in [0.2, 0.25) is 0 Å². The number of rotatable bonds is 4. The zero-order chi connectivity index (χ0) is 12.3. The lowest BCUT2D eigenvalue weighted by molar-refractivity contribution is 0.593. The molecule has 2 rings (SSSR count). The minimum Gasteiger partial charge on any atom is -0.271 e. The van der Waals surface area contributed by atoms with Crippen LogP contribution in [0.4, 0.5) is 0 Å². The van der Waals surface area contributed by atoms with Crippen molar-refractivity contribution in [3.8, 4) is 0 Å². The third-order valence-corrected chi connectivity index (χ3v) is 3.10. The Balaban J connectivity index is 2.38. The molecule has 0 heterocycles. The van der Waals surface area contributed by atoms with E-state index in [1.54, 1.807) is 0 Å². The van der Waals surface area contributed by atoms with Crippen LogP contribution in [0, 0.1) is 0 Å². The average molecular weight is 226 g/mol. The first-order valence-electron chi connectivity index (χ1n) is 5.80. The molecule has 0 saturated carbocycles. The lowest BCUT2D eigenvalue weighted by atomic mass is 9.96. The topological polar surface area (TPSA) is 38.0 Å². The predicted octanol–water partition coefficient (Wildman–Crippen LogP) is 2.79. The molecule has 0 aliphatic heterocycles. The van der Waals surface area contributed by atoms with Crippen molar-refractivity contribution in [2.45, 2.75) is 19.4 Å². The summed E-state index contributed by atoms with van der Waals surface area (Å²) in [5.41, 5.74) is 5.17. The lowest BCUT2D eigenvalue weighted by Gasteiger charge is -2.17. The van der Waals surface area contributed by atoms with Crippen molar-refractivity contribution in [2.24, 2.45) is 5.84 Å². The van der Waals surface area contributed by atoms with E-state index in [-0.39, 0.29) is 6.04 Å². The van der Waals surface area contributed by atoms with E-state index in [2.05, 4.69) is 54.5 Å². The van der Waals surface area contributed by atoms with E-state index in [4.69, 9.17) is 5.84 Å². The van der Waals surface area contributed by atoms with Gasteiger partial charge in [-0.25, -0.2) is 0 Å². The minimum atomic E-state index is 0.126. The van der Waals surface area contributed by atoms with E-state index < -0.39 is 0 Å². The summed E-state index contributed by atoms with van der Waals surface area (Å²) in [6.45, 7) is 5.96. The van der Waals surface area contributed by atoms with Crippen LogP contribution < -0.4 is 11.3 Å². The molecular formula is C15H18N2. The van der Waals surface area contributed by atoms with Crippen molar-refractivity contribution in [1.82, 2.24) is 5.43 Å². The number of nitrogens with one attached hydrogen (secondary N) is 1. The molecule has 2 aromatic carbocycles. The van der Waals surface area contributed by atoms with Crippen molar-refractivity contribution in [3.63, 3.8) is 0 Å². The summed E-state index contributed by atoms with van der Waals surface area (Å²) in [4.78, 5) is 0. The fourth-order valence-electron chi connectivity index (χ4n) is 2.07. The molecule has 88 valence electrons. The highest BCUT2D eigenvalue weighted by Crippen LogP contribution is 2.20. The second-order valence-corrected chi connectivity index (χ2v) is 4.41. The standard InChI is InChI=1S/C15H18N2/c1-11(2)15(17-16)10-13-8-5-7-12-6-3-4-9-14(12)13/h3-9,15,17H,1,10,16H2,2H3. The molecule has 0 radical (unpaired) electrons. The quantitative estimate of drug-likeness (QED) is 0.478. The van der Waals surface area contributed by atoms with Crippen LogP contribution >= 0.6 is 0 Å². The van der Waals surface area contributed by atoms with Gasteiger partial charge in [-0.3, -0.25) is 11.3 Å². The SMILES string of the molecule is C=C(C)C(Cc1cccc2ccccc12)NN. The maximum atomic E-state index is 5.55. The zero-order valence-electron chi connectivity index (χ0n) is 10.1. The molecule has 3 N–H and O–H groups in total. The van der Waals surface area contributed by atoms with Crippen molar-refractivity contribution < 1.29 is 0 Å². The second-order valence-electron chi connectivity index (χ2n) is 4.41. The summed E-state index contributed by atoms with van der Waals surface area (Å²) in [5, 5.41) is 2.55. The molecule has 2 nitrogen and oxygen atoms in total. The maximum Gasteiger partial charge on any atom is 0.0455 e. The van der Waals surface area contributed by atoms with Gasteiger partial charge in [-0.05, 0) is 29.7 Å². The van der Waals surface area contributed by atoms with E-state index in [0.29, 0.717) is 0 Å². The highest BCUT2D eigenvalue weighted by Gasteiger charge is 2.09. The van der Waals surface area contributed by atoms with E-state index in [0.717, 1.165) is 12.0 Å². The first kappa shape index (κ1) is 11.8. The molecular weight excluding hydrogens is 208 g/mol. The van der Waals surface area contributed by atoms with Crippen molar-refractivity contribution in [1.29, 1.82) is 0 Å². The van der Waals surface area contributed by atoms with E-state index in [9.17, 15) is 0 Å². The van der Waals surface area contributed by atoms with Gasteiger partial charge in [0.15, 0.2) is 0 Å². The number of benzene rings is 2. The summed E-state index contributed by atoms with van der Waals surface area (Å²) in [6, 6.07) is 14.9. The van der Waals surface area contributed by atoms with Gasteiger partial charge in [-0.1, -0.05) is 54.6 Å². The second kappa shape index (κ2) is 5.13. The van der Waals surface area contributed by atoms with Crippen LogP contribution in [0.15, 0.2) is 54.6 Å². The van der Waals surface area contributed by atoms with Crippen LogP contribution in [0.3, 0.4) is 0 Å². The molecule has 0 aliphatic carbocycles. The van der Waals surface area contributed by atoms with Gasteiger partial charge >= 0.3 is 0 Å². The van der Waals surface area contributed by atoms with Gasteiger partial charge < -0.3 is 0 Å². The van der Waals surface area contributed by atoms with Crippen LogP contribution in [0.1, 0.15) is 12.5 Å². The van der Waals surface area contributed by atoms with E-state index in [1.165, 1.54) is 16.3 Å². The van der Waals surface area contributed by atoms with Crippen molar-refractivity contribution in [2.75, 3.05) is 0 Å². The number of hydrogen-bond acceptors (Lipinski definition) is 2. The largest absolute Gasteiger partial charge is 0.271 e. The van der Waals surface area contributed by atoms with Crippen molar-refractivity contribution in [3.05, 3.63) is 60.2 Å². The van der Waals surface area contributed by atoms with Crippen LogP contribution in [0.25, 0.3) is 10.8 Å². The Morgan fingerprint density at radius 2 is 1.94 bits per heavy atom. The van der Waals surface area contributed by atoms with E-state index >= 15 is 0 Å². The summed E-state index contributed by atoms with van der Waals surface area (Å²) in [6.07, 6.45) is 0.868.